The van der Waals surface area contributed by atoms with Gasteiger partial charge in [0.1, 0.15) is 18.3 Å². The van der Waals surface area contributed by atoms with Crippen LogP contribution in [0.15, 0.2) is 6.07 Å². The van der Waals surface area contributed by atoms with Gasteiger partial charge in [-0.15, -0.1) is 0 Å². The molecule has 5 saturated carbocycles. The van der Waals surface area contributed by atoms with Gasteiger partial charge in [-0.3, -0.25) is 4.79 Å². The van der Waals surface area contributed by atoms with Gasteiger partial charge in [0.15, 0.2) is 5.78 Å². The average molecular weight is 475 g/mol. The summed E-state index contributed by atoms with van der Waals surface area (Å²) in [5.41, 5.74) is -0.153. The smallest absolute Gasteiger partial charge is 0.296 e. The van der Waals surface area contributed by atoms with Gasteiger partial charge in [-0.25, -0.2) is 0 Å². The third kappa shape index (κ3) is 3.75. The molecule has 186 valence electrons. The third-order valence-electron chi connectivity index (χ3n) is 11.2. The first-order chi connectivity index (χ1) is 16.7. The lowest BCUT2D eigenvalue weighted by Crippen LogP contribution is -2.52. The molecule has 0 spiro atoms. The summed E-state index contributed by atoms with van der Waals surface area (Å²) in [6, 6.07) is 3.59. The number of rotatable bonds is 4. The van der Waals surface area contributed by atoms with Crippen LogP contribution in [0, 0.1) is 70.7 Å². The minimum absolute atomic E-state index is 0.0241. The third-order valence-corrected chi connectivity index (χ3v) is 11.2. The molecule has 0 radical (unpaired) electrons. The summed E-state index contributed by atoms with van der Waals surface area (Å²) in [7, 11) is 0. The highest BCUT2D eigenvalue weighted by Crippen LogP contribution is 2.69. The normalized spacial score (nSPS) is 44.4. The molecule has 0 saturated heterocycles. The van der Waals surface area contributed by atoms with Gasteiger partial charge in [-0.05, 0) is 123 Å². The van der Waals surface area contributed by atoms with Gasteiger partial charge in [-0.2, -0.15) is 9.94 Å². The molecule has 1 aromatic rings. The van der Waals surface area contributed by atoms with Crippen LogP contribution in [0.1, 0.15) is 83.7 Å². The highest BCUT2D eigenvalue weighted by Gasteiger charge is 2.63. The molecule has 1 N–H and O–H groups in total. The monoisotopic (exact) mass is 474 g/mol. The van der Waals surface area contributed by atoms with E-state index >= 15 is 0 Å². The first-order valence-corrected chi connectivity index (χ1v) is 13.8. The minimum atomic E-state index is -0.486. The summed E-state index contributed by atoms with van der Waals surface area (Å²) >= 11 is 0. The van der Waals surface area contributed by atoms with E-state index in [1.54, 1.807) is 0 Å². The van der Waals surface area contributed by atoms with Crippen LogP contribution >= 0.6 is 0 Å². The first kappa shape index (κ1) is 23.2. The van der Waals surface area contributed by atoms with E-state index in [9.17, 15) is 15.2 Å². The van der Waals surface area contributed by atoms with Crippen molar-refractivity contribution in [1.82, 2.24) is 9.78 Å². The highest BCUT2D eigenvalue weighted by atomic mass is 16.3. The molecule has 0 aromatic carbocycles. The summed E-state index contributed by atoms with van der Waals surface area (Å²) in [4.78, 5) is 17.2. The molecule has 0 unspecified atom stereocenters. The second-order valence-electron chi connectivity index (χ2n) is 13.2. The van der Waals surface area contributed by atoms with E-state index in [1.165, 1.54) is 49.3 Å². The zero-order chi connectivity index (χ0) is 24.5. The summed E-state index contributed by atoms with van der Waals surface area (Å²) in [5.74, 6) is 5.37. The lowest BCUT2D eigenvalue weighted by atomic mass is 9.48. The SMILES string of the molecule is [C-]#[N+]c1cc(C#N)n(CC(=O)[C@H]2C[C@@H](C3CC3)[C@H]3[C@@H]4CC[C@@H]5C[C@](C)(O)CC[C@@H]5[C@H]4CC[C@@]32C)n1. The van der Waals surface area contributed by atoms with E-state index in [-0.39, 0.29) is 29.5 Å². The van der Waals surface area contributed by atoms with Crippen LogP contribution in [0.2, 0.25) is 0 Å². The van der Waals surface area contributed by atoms with Crippen LogP contribution < -0.4 is 0 Å². The average Bonchev–Trinajstić information content (AvgIpc) is 3.51. The Morgan fingerprint density at radius 1 is 1.14 bits per heavy atom. The lowest BCUT2D eigenvalue weighted by Gasteiger charge is -2.57. The predicted molar refractivity (Wildman–Crippen MR) is 131 cm³/mol. The topological polar surface area (TPSA) is 83.3 Å². The number of nitrogens with zero attached hydrogens (tertiary/aromatic N) is 4. The van der Waals surface area contributed by atoms with Crippen molar-refractivity contribution in [1.29, 1.82) is 5.26 Å². The van der Waals surface area contributed by atoms with Gasteiger partial charge in [-0.1, -0.05) is 13.5 Å². The first-order valence-electron chi connectivity index (χ1n) is 13.8. The van der Waals surface area contributed by atoms with E-state index < -0.39 is 5.60 Å². The number of nitriles is 1. The van der Waals surface area contributed by atoms with E-state index in [4.69, 9.17) is 6.57 Å². The molecule has 6 nitrogen and oxygen atoms in total. The van der Waals surface area contributed by atoms with Gasteiger partial charge in [0.05, 0.1) is 5.60 Å². The van der Waals surface area contributed by atoms with Gasteiger partial charge >= 0.3 is 0 Å². The summed E-state index contributed by atoms with van der Waals surface area (Å²) in [6.45, 7) is 11.8. The summed E-state index contributed by atoms with van der Waals surface area (Å²) < 4.78 is 1.46. The molecule has 5 aliphatic carbocycles. The zero-order valence-electron chi connectivity index (χ0n) is 21.1. The Hall–Kier alpha value is -2.18. The number of hydrogen-bond acceptors (Lipinski definition) is 4. The molecule has 35 heavy (non-hydrogen) atoms. The number of ketones is 1. The number of aliphatic hydroxyl groups is 1. The van der Waals surface area contributed by atoms with Gasteiger partial charge in [0.2, 0.25) is 0 Å². The Bertz CT molecular complexity index is 1100. The number of hydrogen-bond donors (Lipinski definition) is 1. The Morgan fingerprint density at radius 2 is 1.89 bits per heavy atom. The molecule has 5 fully saturated rings. The standard InChI is InChI=1S/C29H38N4O2/c1-28(35)10-8-20-18(14-28)6-7-22-21(20)9-11-29(2)24(13-23(27(22)29)17-4-5-17)25(34)16-33-19(15-30)12-26(31-3)32-33/h12,17-18,20-24,27,35H,4-11,13-14,16H2,1-2H3/t18-,20+,21-,22-,23+,24-,27-,28-,29-/m1/s1. The van der Waals surface area contributed by atoms with Crippen LogP contribution in [-0.2, 0) is 11.3 Å². The van der Waals surface area contributed by atoms with Gasteiger partial charge < -0.3 is 9.95 Å². The molecule has 6 heteroatoms. The molecule has 1 heterocycles. The van der Waals surface area contributed by atoms with Crippen molar-refractivity contribution >= 4 is 11.6 Å². The molecule has 6 rings (SSSR count). The molecule has 1 aromatic heterocycles. The number of fused-ring (bicyclic) bond motifs is 5. The van der Waals surface area contributed by atoms with Crippen LogP contribution in [0.25, 0.3) is 4.85 Å². The lowest BCUT2D eigenvalue weighted by molar-refractivity contribution is -0.134. The molecule has 0 bridgehead atoms. The number of Topliss-reactive ketones (excluding diaryl/α,β-unsaturated/α-hetero) is 1. The summed E-state index contributed by atoms with van der Waals surface area (Å²) in [6.07, 6.45) is 11.5. The zero-order valence-corrected chi connectivity index (χ0v) is 21.1. The van der Waals surface area contributed by atoms with Gasteiger partial charge in [0.25, 0.3) is 5.82 Å². The predicted octanol–water partition coefficient (Wildman–Crippen LogP) is 5.53. The Morgan fingerprint density at radius 3 is 2.60 bits per heavy atom. The van der Waals surface area contributed by atoms with Crippen LogP contribution in [0.5, 0.6) is 0 Å². The van der Waals surface area contributed by atoms with E-state index in [2.05, 4.69) is 22.9 Å². The second kappa shape index (κ2) is 8.17. The number of carbonyl (C=O) groups is 1. The number of aromatic nitrogens is 2. The van der Waals surface area contributed by atoms with Crippen molar-refractivity contribution in [2.24, 2.45) is 52.8 Å². The molecule has 0 amide bonds. The minimum Gasteiger partial charge on any atom is -0.390 e. The van der Waals surface area contributed by atoms with Gasteiger partial charge in [0, 0.05) is 12.0 Å². The van der Waals surface area contributed by atoms with Crippen LogP contribution in [-0.4, -0.2) is 26.3 Å². The number of carbonyl (C=O) groups excluding carboxylic acids is 1. The Balaban J connectivity index is 1.27. The maximum Gasteiger partial charge on any atom is 0.296 e. The highest BCUT2D eigenvalue weighted by molar-refractivity contribution is 5.82. The van der Waals surface area contributed by atoms with Crippen molar-refractivity contribution in [2.75, 3.05) is 0 Å². The maximum atomic E-state index is 13.8. The maximum absolute atomic E-state index is 13.8. The van der Waals surface area contributed by atoms with Crippen LogP contribution in [0.3, 0.4) is 0 Å². The Labute approximate surface area is 208 Å². The fraction of sp³-hybridized carbons (Fsp3) is 0.793. The molecular formula is C29H38N4O2. The quantitative estimate of drug-likeness (QED) is 0.582. The molecule has 5 aliphatic rings. The van der Waals surface area contributed by atoms with E-state index in [0.717, 1.165) is 49.4 Å². The molecule has 0 aliphatic heterocycles. The largest absolute Gasteiger partial charge is 0.390 e. The second-order valence-corrected chi connectivity index (χ2v) is 13.2. The van der Waals surface area contributed by atoms with E-state index in [1.807, 2.05) is 6.92 Å². The van der Waals surface area contributed by atoms with Crippen LogP contribution in [0.4, 0.5) is 5.82 Å². The van der Waals surface area contributed by atoms with E-state index in [0.29, 0.717) is 23.4 Å². The van der Waals surface area contributed by atoms with Crippen molar-refractivity contribution in [3.63, 3.8) is 0 Å². The molecular weight excluding hydrogens is 436 g/mol. The van der Waals surface area contributed by atoms with Crippen molar-refractivity contribution < 1.29 is 9.90 Å². The fourth-order valence-electron chi connectivity index (χ4n) is 9.69. The van der Waals surface area contributed by atoms with Crippen molar-refractivity contribution in [2.45, 2.75) is 90.2 Å². The Kier molecular flexibility index (Phi) is 5.42. The summed E-state index contributed by atoms with van der Waals surface area (Å²) in [5, 5.41) is 24.4. The molecule has 9 atom stereocenters. The van der Waals surface area contributed by atoms with Crippen molar-refractivity contribution in [3.05, 3.63) is 23.2 Å². The fourth-order valence-corrected chi connectivity index (χ4v) is 9.69. The van der Waals surface area contributed by atoms with Crippen molar-refractivity contribution in [3.8, 4) is 6.07 Å².